The highest BCUT2D eigenvalue weighted by Crippen LogP contribution is 2.20. The minimum atomic E-state index is -1.05. The molecule has 1 aliphatic rings. The van der Waals surface area contributed by atoms with Gasteiger partial charge in [0.1, 0.15) is 14.2 Å². The summed E-state index contributed by atoms with van der Waals surface area (Å²) in [5, 5.41) is 0.420. The van der Waals surface area contributed by atoms with E-state index in [4.69, 9.17) is 4.74 Å². The summed E-state index contributed by atoms with van der Waals surface area (Å²) in [5.74, 6) is 0. The maximum atomic E-state index is 10.8. The van der Waals surface area contributed by atoms with E-state index in [1.807, 2.05) is 0 Å². The molecule has 0 aliphatic carbocycles. The van der Waals surface area contributed by atoms with E-state index in [9.17, 15) is 4.79 Å². The fraction of sp³-hybridized carbons (Fsp3) is 0.833. The number of hydrogen-bond acceptors (Lipinski definition) is 2. The van der Waals surface area contributed by atoms with Crippen molar-refractivity contribution in [3.05, 3.63) is 0 Å². The quantitative estimate of drug-likeness (QED) is 0.523. The first-order valence-corrected chi connectivity index (χ1v) is 5.70. The highest BCUT2D eigenvalue weighted by atomic mass is 28.3. The van der Waals surface area contributed by atoms with Crippen molar-refractivity contribution in [1.29, 1.82) is 0 Å². The third-order valence-electron chi connectivity index (χ3n) is 2.01. The number of ether oxygens (including phenoxy) is 1. The average molecular weight is 144 g/mol. The van der Waals surface area contributed by atoms with Gasteiger partial charge in [-0.15, -0.1) is 0 Å². The summed E-state index contributed by atoms with van der Waals surface area (Å²) in [6.45, 7) is 5.49. The van der Waals surface area contributed by atoms with Gasteiger partial charge in [-0.2, -0.15) is 0 Å². The van der Waals surface area contributed by atoms with Crippen LogP contribution in [0.1, 0.15) is 6.92 Å². The smallest absolute Gasteiger partial charge is 0.121 e. The van der Waals surface area contributed by atoms with Gasteiger partial charge < -0.3 is 9.53 Å². The van der Waals surface area contributed by atoms with E-state index in [0.29, 0.717) is 10.9 Å². The molecule has 0 aromatic carbocycles. The lowest BCUT2D eigenvalue weighted by atomic mass is 10.4. The topological polar surface area (TPSA) is 26.3 Å². The number of carbonyl (C=O) groups excluding carboxylic acids is 1. The predicted octanol–water partition coefficient (Wildman–Crippen LogP) is 0.372. The standard InChI is InChI=1S/C6H12O2Si/c1-5(7)9(2)6-3-8-4-6/h6,9H,3-4H2,1-2H3. The molecular weight excluding hydrogens is 132 g/mol. The summed E-state index contributed by atoms with van der Waals surface area (Å²) in [6, 6.07) is 0. The lowest BCUT2D eigenvalue weighted by Gasteiger charge is -2.28. The van der Waals surface area contributed by atoms with Gasteiger partial charge in [-0.3, -0.25) is 0 Å². The van der Waals surface area contributed by atoms with Crippen molar-refractivity contribution in [3.63, 3.8) is 0 Å². The monoisotopic (exact) mass is 144 g/mol. The van der Waals surface area contributed by atoms with Gasteiger partial charge in [0.05, 0.1) is 0 Å². The van der Waals surface area contributed by atoms with Gasteiger partial charge in [-0.25, -0.2) is 0 Å². The Kier molecular flexibility index (Phi) is 2.03. The van der Waals surface area contributed by atoms with Crippen molar-refractivity contribution < 1.29 is 9.53 Å². The van der Waals surface area contributed by atoms with E-state index in [0.717, 1.165) is 13.2 Å². The van der Waals surface area contributed by atoms with Crippen LogP contribution in [0, 0.1) is 0 Å². The molecule has 1 heterocycles. The Morgan fingerprint density at radius 1 is 1.67 bits per heavy atom. The van der Waals surface area contributed by atoms with Crippen molar-refractivity contribution in [3.8, 4) is 0 Å². The Morgan fingerprint density at radius 3 is 2.33 bits per heavy atom. The second-order valence-electron chi connectivity index (χ2n) is 2.70. The van der Waals surface area contributed by atoms with Gasteiger partial charge in [-0.1, -0.05) is 6.55 Å². The minimum Gasteiger partial charge on any atom is -0.381 e. The highest BCUT2D eigenvalue weighted by molar-refractivity contribution is 6.90. The molecule has 1 atom stereocenters. The van der Waals surface area contributed by atoms with Gasteiger partial charge in [0.15, 0.2) is 0 Å². The van der Waals surface area contributed by atoms with Crippen LogP contribution < -0.4 is 0 Å². The first-order chi connectivity index (χ1) is 4.22. The van der Waals surface area contributed by atoms with Crippen LogP contribution in [0.3, 0.4) is 0 Å². The molecule has 0 N–H and O–H groups in total. The SMILES string of the molecule is CC(=O)[SiH](C)C1COC1. The second kappa shape index (κ2) is 2.62. The molecule has 0 spiro atoms. The zero-order valence-electron chi connectivity index (χ0n) is 5.89. The molecule has 1 fully saturated rings. The van der Waals surface area contributed by atoms with Crippen LogP contribution >= 0.6 is 0 Å². The molecule has 3 heteroatoms. The predicted molar refractivity (Wildman–Crippen MR) is 38.3 cm³/mol. The lowest BCUT2D eigenvalue weighted by Crippen LogP contribution is -2.38. The van der Waals surface area contributed by atoms with Gasteiger partial charge in [0, 0.05) is 18.8 Å². The highest BCUT2D eigenvalue weighted by Gasteiger charge is 2.28. The molecule has 0 amide bonds. The fourth-order valence-electron chi connectivity index (χ4n) is 0.875. The number of carbonyl (C=O) groups is 1. The van der Waals surface area contributed by atoms with E-state index in [-0.39, 0.29) is 0 Å². The zero-order valence-corrected chi connectivity index (χ0v) is 7.04. The van der Waals surface area contributed by atoms with Gasteiger partial charge in [-0.05, 0) is 6.92 Å². The second-order valence-corrected chi connectivity index (χ2v) is 6.03. The van der Waals surface area contributed by atoms with E-state index in [2.05, 4.69) is 6.55 Å². The van der Waals surface area contributed by atoms with E-state index in [1.54, 1.807) is 6.92 Å². The Balaban J connectivity index is 2.32. The molecule has 1 aliphatic heterocycles. The van der Waals surface area contributed by atoms with Crippen molar-refractivity contribution in [1.82, 2.24) is 0 Å². The number of hydrogen-bond donors (Lipinski definition) is 0. The van der Waals surface area contributed by atoms with E-state index >= 15 is 0 Å². The summed E-state index contributed by atoms with van der Waals surface area (Å²) in [7, 11) is -1.05. The van der Waals surface area contributed by atoms with Crippen LogP contribution in [0.15, 0.2) is 0 Å². The Morgan fingerprint density at radius 2 is 2.22 bits per heavy atom. The van der Waals surface area contributed by atoms with Gasteiger partial charge in [0.25, 0.3) is 0 Å². The normalized spacial score (nSPS) is 22.9. The van der Waals surface area contributed by atoms with Crippen LogP contribution in [0.2, 0.25) is 12.1 Å². The third-order valence-corrected chi connectivity index (χ3v) is 5.09. The Labute approximate surface area is 56.8 Å². The van der Waals surface area contributed by atoms with Crippen LogP contribution in [0.4, 0.5) is 0 Å². The third kappa shape index (κ3) is 1.40. The first-order valence-electron chi connectivity index (χ1n) is 3.30. The van der Waals surface area contributed by atoms with Crippen molar-refractivity contribution >= 4 is 14.2 Å². The van der Waals surface area contributed by atoms with E-state index < -0.39 is 8.80 Å². The molecule has 0 aromatic heterocycles. The Hall–Kier alpha value is -0.153. The van der Waals surface area contributed by atoms with Crippen LogP contribution in [-0.4, -0.2) is 27.4 Å². The van der Waals surface area contributed by atoms with Crippen molar-refractivity contribution in [2.45, 2.75) is 19.0 Å². The molecule has 0 bridgehead atoms. The largest absolute Gasteiger partial charge is 0.381 e. The molecule has 1 saturated heterocycles. The van der Waals surface area contributed by atoms with Gasteiger partial charge in [0.2, 0.25) is 0 Å². The molecule has 0 saturated carbocycles. The fourth-order valence-corrected chi connectivity index (χ4v) is 2.39. The minimum absolute atomic E-state index is 0.420. The summed E-state index contributed by atoms with van der Waals surface area (Å²) in [5.41, 5.74) is 0.641. The summed E-state index contributed by atoms with van der Waals surface area (Å²) in [6.07, 6.45) is 0. The number of rotatable bonds is 2. The molecule has 52 valence electrons. The average Bonchev–Trinajstić information content (AvgIpc) is 1.60. The molecule has 1 unspecified atom stereocenters. The lowest BCUT2D eigenvalue weighted by molar-refractivity contribution is -0.111. The molecule has 0 aromatic rings. The molecule has 1 rings (SSSR count). The summed E-state index contributed by atoms with van der Waals surface area (Å²) >= 11 is 0. The van der Waals surface area contributed by atoms with Crippen LogP contribution in [-0.2, 0) is 9.53 Å². The van der Waals surface area contributed by atoms with Crippen molar-refractivity contribution in [2.75, 3.05) is 13.2 Å². The molecular formula is C6H12O2Si. The maximum absolute atomic E-state index is 10.8. The molecule has 2 nitrogen and oxygen atoms in total. The molecule has 0 radical (unpaired) electrons. The zero-order chi connectivity index (χ0) is 6.85. The van der Waals surface area contributed by atoms with Gasteiger partial charge >= 0.3 is 0 Å². The Bertz CT molecular complexity index is 120. The van der Waals surface area contributed by atoms with Crippen molar-refractivity contribution in [2.24, 2.45) is 0 Å². The summed E-state index contributed by atoms with van der Waals surface area (Å²) < 4.78 is 4.99. The van der Waals surface area contributed by atoms with Crippen LogP contribution in [0.5, 0.6) is 0 Å². The summed E-state index contributed by atoms with van der Waals surface area (Å²) in [4.78, 5) is 10.8. The van der Waals surface area contributed by atoms with E-state index in [1.165, 1.54) is 0 Å². The maximum Gasteiger partial charge on any atom is 0.121 e. The molecule has 9 heavy (non-hydrogen) atoms. The first kappa shape index (κ1) is 6.96. The van der Waals surface area contributed by atoms with Crippen LogP contribution in [0.25, 0.3) is 0 Å².